The minimum atomic E-state index is 0.821. The molecule has 0 bridgehead atoms. The van der Waals surface area contributed by atoms with Gasteiger partial charge in [0.05, 0.1) is 11.4 Å². The molecule has 0 aliphatic heterocycles. The van der Waals surface area contributed by atoms with E-state index in [0.717, 1.165) is 17.9 Å². The van der Waals surface area contributed by atoms with Crippen molar-refractivity contribution in [3.8, 4) is 0 Å². The van der Waals surface area contributed by atoms with Gasteiger partial charge in [0.25, 0.3) is 0 Å². The molecular weight excluding hydrogens is 208 g/mol. The molecule has 0 heterocycles. The third-order valence-electron chi connectivity index (χ3n) is 2.86. The van der Waals surface area contributed by atoms with Crippen molar-refractivity contribution in [1.29, 1.82) is 0 Å². The number of nitrogens with two attached hydrogens (primary N) is 1. The summed E-state index contributed by atoms with van der Waals surface area (Å²) < 4.78 is 0. The number of anilines is 3. The molecule has 2 N–H and O–H groups in total. The highest BCUT2D eigenvalue weighted by atomic mass is 15.1. The first-order valence-corrected chi connectivity index (χ1v) is 5.91. The van der Waals surface area contributed by atoms with Gasteiger partial charge in [-0.05, 0) is 43.7 Å². The number of para-hydroxylation sites is 1. The summed E-state index contributed by atoms with van der Waals surface area (Å²) in [5.74, 6) is 0. The Balaban J connectivity index is 2.46. The number of hydrogen-bond donors (Lipinski definition) is 1. The van der Waals surface area contributed by atoms with Gasteiger partial charge in [-0.2, -0.15) is 0 Å². The summed E-state index contributed by atoms with van der Waals surface area (Å²) >= 11 is 0. The molecule has 0 aromatic heterocycles. The summed E-state index contributed by atoms with van der Waals surface area (Å²) in [4.78, 5) is 2.22. The van der Waals surface area contributed by atoms with Crippen LogP contribution in [0.5, 0.6) is 0 Å². The van der Waals surface area contributed by atoms with Crippen LogP contribution in [-0.2, 0) is 0 Å². The van der Waals surface area contributed by atoms with Gasteiger partial charge < -0.3 is 10.6 Å². The zero-order valence-electron chi connectivity index (χ0n) is 10.4. The van der Waals surface area contributed by atoms with Crippen molar-refractivity contribution in [2.45, 2.75) is 13.8 Å². The molecule has 0 atom stereocenters. The van der Waals surface area contributed by atoms with Gasteiger partial charge in [-0.15, -0.1) is 0 Å². The van der Waals surface area contributed by atoms with E-state index >= 15 is 0 Å². The van der Waals surface area contributed by atoms with Gasteiger partial charge >= 0.3 is 0 Å². The Hall–Kier alpha value is -1.96. The first-order chi connectivity index (χ1) is 8.22. The van der Waals surface area contributed by atoms with Crippen LogP contribution in [0, 0.1) is 6.92 Å². The fourth-order valence-electron chi connectivity index (χ4n) is 1.99. The van der Waals surface area contributed by atoms with E-state index in [0.29, 0.717) is 0 Å². The highest BCUT2D eigenvalue weighted by Gasteiger charge is 2.09. The second-order valence-electron chi connectivity index (χ2n) is 4.14. The molecular formula is C15H18N2. The highest BCUT2D eigenvalue weighted by molar-refractivity contribution is 5.75. The Bertz CT molecular complexity index is 492. The van der Waals surface area contributed by atoms with Crippen LogP contribution in [0.15, 0.2) is 48.5 Å². The number of nitrogen functional groups attached to an aromatic ring is 1. The molecule has 0 radical (unpaired) electrons. The molecule has 0 fully saturated rings. The molecule has 2 heteroatoms. The van der Waals surface area contributed by atoms with Crippen molar-refractivity contribution in [1.82, 2.24) is 0 Å². The van der Waals surface area contributed by atoms with Crippen LogP contribution in [0.3, 0.4) is 0 Å². The van der Waals surface area contributed by atoms with Crippen LogP contribution in [0.4, 0.5) is 17.1 Å². The SMILES string of the molecule is CCN(c1ccccc1)c1cc(C)ccc1N. The van der Waals surface area contributed by atoms with Crippen LogP contribution >= 0.6 is 0 Å². The molecule has 0 aliphatic rings. The lowest BCUT2D eigenvalue weighted by Crippen LogP contribution is -2.17. The molecule has 0 amide bonds. The molecule has 0 unspecified atom stereocenters. The molecule has 88 valence electrons. The van der Waals surface area contributed by atoms with Crippen molar-refractivity contribution in [2.24, 2.45) is 0 Å². The zero-order valence-corrected chi connectivity index (χ0v) is 10.4. The molecule has 17 heavy (non-hydrogen) atoms. The number of rotatable bonds is 3. The van der Waals surface area contributed by atoms with Crippen LogP contribution in [0.1, 0.15) is 12.5 Å². The Morgan fingerprint density at radius 3 is 2.41 bits per heavy atom. The van der Waals surface area contributed by atoms with E-state index in [-0.39, 0.29) is 0 Å². The van der Waals surface area contributed by atoms with Crippen molar-refractivity contribution in [3.05, 3.63) is 54.1 Å². The minimum Gasteiger partial charge on any atom is -0.397 e. The van der Waals surface area contributed by atoms with Crippen LogP contribution in [0.25, 0.3) is 0 Å². The van der Waals surface area contributed by atoms with Crippen molar-refractivity contribution in [3.63, 3.8) is 0 Å². The summed E-state index contributed by atoms with van der Waals surface area (Å²) in [7, 11) is 0. The van der Waals surface area contributed by atoms with Gasteiger partial charge in [0.15, 0.2) is 0 Å². The van der Waals surface area contributed by atoms with Gasteiger partial charge in [-0.3, -0.25) is 0 Å². The van der Waals surface area contributed by atoms with Crippen LogP contribution in [-0.4, -0.2) is 6.54 Å². The molecule has 0 aliphatic carbocycles. The van der Waals surface area contributed by atoms with Gasteiger partial charge in [-0.25, -0.2) is 0 Å². The monoisotopic (exact) mass is 226 g/mol. The topological polar surface area (TPSA) is 29.3 Å². The molecule has 2 rings (SSSR count). The van der Waals surface area contributed by atoms with Gasteiger partial charge in [0.1, 0.15) is 0 Å². The summed E-state index contributed by atoms with van der Waals surface area (Å²) in [5.41, 5.74) is 10.4. The van der Waals surface area contributed by atoms with E-state index < -0.39 is 0 Å². The van der Waals surface area contributed by atoms with Crippen LogP contribution < -0.4 is 10.6 Å². The third kappa shape index (κ3) is 2.41. The van der Waals surface area contributed by atoms with Gasteiger partial charge in [0, 0.05) is 12.2 Å². The predicted molar refractivity (Wildman–Crippen MR) is 74.7 cm³/mol. The van der Waals surface area contributed by atoms with E-state index in [1.54, 1.807) is 0 Å². The Morgan fingerprint density at radius 1 is 1.06 bits per heavy atom. The van der Waals surface area contributed by atoms with Crippen LogP contribution in [0.2, 0.25) is 0 Å². The second-order valence-corrected chi connectivity index (χ2v) is 4.14. The van der Waals surface area contributed by atoms with E-state index in [1.165, 1.54) is 11.3 Å². The maximum Gasteiger partial charge on any atom is 0.0646 e. The molecule has 2 aromatic carbocycles. The standard InChI is InChI=1S/C15H18N2/c1-3-17(13-7-5-4-6-8-13)15-11-12(2)9-10-14(15)16/h4-11H,3,16H2,1-2H3. The summed E-state index contributed by atoms with van der Waals surface area (Å²) in [5, 5.41) is 0. The smallest absolute Gasteiger partial charge is 0.0646 e. The van der Waals surface area contributed by atoms with Crippen molar-refractivity contribution < 1.29 is 0 Å². The van der Waals surface area contributed by atoms with E-state index in [4.69, 9.17) is 5.73 Å². The molecule has 0 spiro atoms. The van der Waals surface area contributed by atoms with Crippen molar-refractivity contribution >= 4 is 17.1 Å². The summed E-state index contributed by atoms with van der Waals surface area (Å²) in [6, 6.07) is 16.5. The second kappa shape index (κ2) is 4.91. The fraction of sp³-hybridized carbons (Fsp3) is 0.200. The van der Waals surface area contributed by atoms with Gasteiger partial charge in [-0.1, -0.05) is 24.3 Å². The van der Waals surface area contributed by atoms with Gasteiger partial charge in [0.2, 0.25) is 0 Å². The lowest BCUT2D eigenvalue weighted by Gasteiger charge is -2.25. The summed E-state index contributed by atoms with van der Waals surface area (Å²) in [6.07, 6.45) is 0. The lowest BCUT2D eigenvalue weighted by atomic mass is 10.1. The number of aryl methyl sites for hydroxylation is 1. The molecule has 0 saturated carbocycles. The first-order valence-electron chi connectivity index (χ1n) is 5.91. The lowest BCUT2D eigenvalue weighted by molar-refractivity contribution is 1.02. The number of nitrogens with zero attached hydrogens (tertiary/aromatic N) is 1. The number of benzene rings is 2. The Labute approximate surface area is 103 Å². The third-order valence-corrected chi connectivity index (χ3v) is 2.86. The number of hydrogen-bond acceptors (Lipinski definition) is 2. The molecule has 0 saturated heterocycles. The summed E-state index contributed by atoms with van der Waals surface area (Å²) in [6.45, 7) is 5.12. The van der Waals surface area contributed by atoms with E-state index in [9.17, 15) is 0 Å². The van der Waals surface area contributed by atoms with E-state index in [1.807, 2.05) is 30.3 Å². The maximum atomic E-state index is 6.06. The quantitative estimate of drug-likeness (QED) is 0.808. The van der Waals surface area contributed by atoms with E-state index in [2.05, 4.69) is 36.9 Å². The highest BCUT2D eigenvalue weighted by Crippen LogP contribution is 2.30. The predicted octanol–water partition coefficient (Wildman–Crippen LogP) is 3.74. The Kier molecular flexibility index (Phi) is 3.33. The average molecular weight is 226 g/mol. The molecule has 2 nitrogen and oxygen atoms in total. The molecule has 2 aromatic rings. The largest absolute Gasteiger partial charge is 0.397 e. The van der Waals surface area contributed by atoms with Crippen molar-refractivity contribution in [2.75, 3.05) is 17.2 Å². The zero-order chi connectivity index (χ0) is 12.3. The maximum absolute atomic E-state index is 6.06. The minimum absolute atomic E-state index is 0.821. The normalized spacial score (nSPS) is 10.2. The first kappa shape index (κ1) is 11.5. The average Bonchev–Trinajstić information content (AvgIpc) is 2.36. The fourth-order valence-corrected chi connectivity index (χ4v) is 1.99. The Morgan fingerprint density at radius 2 is 1.76 bits per heavy atom.